The van der Waals surface area contributed by atoms with Gasteiger partial charge in [0.05, 0.1) is 6.54 Å². The van der Waals surface area contributed by atoms with Gasteiger partial charge in [-0.2, -0.15) is 0 Å². The summed E-state index contributed by atoms with van der Waals surface area (Å²) in [5.74, 6) is 1.04. The maximum Gasteiger partial charge on any atom is 0.244 e. The Kier molecular flexibility index (Phi) is 5.08. The molecule has 2 rings (SSSR count). The highest BCUT2D eigenvalue weighted by molar-refractivity contribution is 7.89. The van der Waals surface area contributed by atoms with E-state index in [-0.39, 0.29) is 10.3 Å². The largest absolute Gasteiger partial charge is 0.464 e. The number of ether oxygens (including phenoxy) is 1. The Balaban J connectivity index is 2.07. The predicted octanol–water partition coefficient (Wildman–Crippen LogP) is 1.40. The van der Waals surface area contributed by atoms with Crippen LogP contribution in [-0.2, 0) is 21.3 Å². The van der Waals surface area contributed by atoms with E-state index in [0.717, 1.165) is 12.8 Å². The molecule has 21 heavy (non-hydrogen) atoms. The van der Waals surface area contributed by atoms with Gasteiger partial charge in [0.15, 0.2) is 0 Å². The molecule has 0 aromatic carbocycles. The Labute approximate surface area is 126 Å². The second kappa shape index (κ2) is 6.48. The predicted molar refractivity (Wildman–Crippen MR) is 79.6 cm³/mol. The standard InChI is InChI=1S/C14H24N2O4S/c1-11-13(8-12(20-11)9-15-3)21(17,18)16-10-14(2)4-6-19-7-5-14/h8,15-16H,4-7,9-10H2,1-3H3. The van der Waals surface area contributed by atoms with E-state index in [1.807, 2.05) is 0 Å². The van der Waals surface area contributed by atoms with Crippen LogP contribution in [0.1, 0.15) is 31.3 Å². The third kappa shape index (κ3) is 4.06. The molecule has 0 spiro atoms. The summed E-state index contributed by atoms with van der Waals surface area (Å²) >= 11 is 0. The van der Waals surface area contributed by atoms with E-state index in [2.05, 4.69) is 17.0 Å². The molecule has 1 saturated heterocycles. The van der Waals surface area contributed by atoms with Gasteiger partial charge >= 0.3 is 0 Å². The molecular formula is C14H24N2O4S. The molecule has 0 amide bonds. The Bertz CT molecular complexity index is 574. The van der Waals surface area contributed by atoms with Crippen molar-refractivity contribution in [2.24, 2.45) is 5.41 Å². The summed E-state index contributed by atoms with van der Waals surface area (Å²) in [7, 11) is -1.75. The van der Waals surface area contributed by atoms with Crippen LogP contribution in [0.2, 0.25) is 0 Å². The van der Waals surface area contributed by atoms with Crippen LogP contribution in [0.5, 0.6) is 0 Å². The first-order valence-corrected chi connectivity index (χ1v) is 8.66. The van der Waals surface area contributed by atoms with Crippen molar-refractivity contribution in [3.63, 3.8) is 0 Å². The fourth-order valence-corrected chi connectivity index (χ4v) is 3.84. The zero-order valence-electron chi connectivity index (χ0n) is 12.9. The first kappa shape index (κ1) is 16.5. The molecule has 1 aromatic heterocycles. The van der Waals surface area contributed by atoms with Gasteiger partial charge in [-0.15, -0.1) is 0 Å². The molecule has 1 aliphatic heterocycles. The molecule has 7 heteroatoms. The van der Waals surface area contributed by atoms with Crippen molar-refractivity contribution < 1.29 is 17.6 Å². The van der Waals surface area contributed by atoms with Crippen molar-refractivity contribution in [2.75, 3.05) is 26.8 Å². The van der Waals surface area contributed by atoms with Crippen molar-refractivity contribution in [1.82, 2.24) is 10.0 Å². The van der Waals surface area contributed by atoms with Gasteiger partial charge in [0.25, 0.3) is 0 Å². The van der Waals surface area contributed by atoms with E-state index in [1.165, 1.54) is 0 Å². The lowest BCUT2D eigenvalue weighted by molar-refractivity contribution is 0.0264. The van der Waals surface area contributed by atoms with Crippen LogP contribution in [0.15, 0.2) is 15.4 Å². The van der Waals surface area contributed by atoms with E-state index in [4.69, 9.17) is 9.15 Å². The first-order valence-electron chi connectivity index (χ1n) is 7.18. The number of furan rings is 1. The van der Waals surface area contributed by atoms with Gasteiger partial charge in [-0.25, -0.2) is 13.1 Å². The smallest absolute Gasteiger partial charge is 0.244 e. The minimum Gasteiger partial charge on any atom is -0.464 e. The van der Waals surface area contributed by atoms with Gasteiger partial charge < -0.3 is 14.5 Å². The number of nitrogens with one attached hydrogen (secondary N) is 2. The fraction of sp³-hybridized carbons (Fsp3) is 0.714. The van der Waals surface area contributed by atoms with Crippen molar-refractivity contribution in [3.8, 4) is 0 Å². The zero-order valence-corrected chi connectivity index (χ0v) is 13.7. The zero-order chi connectivity index (χ0) is 15.5. The first-order chi connectivity index (χ1) is 9.86. The SMILES string of the molecule is CNCc1cc(S(=O)(=O)NCC2(C)CCOCC2)c(C)o1. The molecule has 0 aliphatic carbocycles. The molecular weight excluding hydrogens is 292 g/mol. The summed E-state index contributed by atoms with van der Waals surface area (Å²) in [6.45, 7) is 6.07. The number of hydrogen-bond donors (Lipinski definition) is 2. The maximum atomic E-state index is 12.4. The van der Waals surface area contributed by atoms with Crippen LogP contribution < -0.4 is 10.0 Å². The molecule has 1 fully saturated rings. The van der Waals surface area contributed by atoms with Crippen molar-refractivity contribution in [3.05, 3.63) is 17.6 Å². The van der Waals surface area contributed by atoms with Gasteiger partial charge in [0.1, 0.15) is 16.4 Å². The topological polar surface area (TPSA) is 80.6 Å². The lowest BCUT2D eigenvalue weighted by Gasteiger charge is -2.33. The maximum absolute atomic E-state index is 12.4. The Hall–Kier alpha value is -0.890. The monoisotopic (exact) mass is 316 g/mol. The number of aryl methyl sites for hydroxylation is 1. The Morgan fingerprint density at radius 3 is 2.62 bits per heavy atom. The normalized spacial score (nSPS) is 18.8. The van der Waals surface area contributed by atoms with Gasteiger partial charge in [-0.1, -0.05) is 6.92 Å². The molecule has 0 saturated carbocycles. The van der Waals surface area contributed by atoms with E-state index < -0.39 is 10.0 Å². The lowest BCUT2D eigenvalue weighted by Crippen LogP contribution is -2.39. The molecule has 6 nitrogen and oxygen atoms in total. The van der Waals surface area contributed by atoms with Crippen LogP contribution in [-0.4, -0.2) is 35.2 Å². The van der Waals surface area contributed by atoms with Crippen molar-refractivity contribution in [1.29, 1.82) is 0 Å². The van der Waals surface area contributed by atoms with E-state index in [0.29, 0.717) is 37.8 Å². The van der Waals surface area contributed by atoms with Crippen LogP contribution in [0.3, 0.4) is 0 Å². The van der Waals surface area contributed by atoms with Crippen molar-refractivity contribution in [2.45, 2.75) is 38.1 Å². The second-order valence-corrected chi connectivity index (χ2v) is 7.65. The lowest BCUT2D eigenvalue weighted by atomic mass is 9.83. The molecule has 1 aliphatic rings. The van der Waals surface area contributed by atoms with Gasteiger partial charge in [0, 0.05) is 25.8 Å². The van der Waals surface area contributed by atoms with E-state index >= 15 is 0 Å². The highest BCUT2D eigenvalue weighted by atomic mass is 32.2. The van der Waals surface area contributed by atoms with Gasteiger partial charge in [-0.3, -0.25) is 0 Å². The minimum atomic E-state index is -3.54. The molecule has 0 atom stereocenters. The molecule has 0 unspecified atom stereocenters. The van der Waals surface area contributed by atoms with Crippen molar-refractivity contribution >= 4 is 10.0 Å². The molecule has 2 N–H and O–H groups in total. The summed E-state index contributed by atoms with van der Waals surface area (Å²) in [5.41, 5.74) is -0.0449. The van der Waals surface area contributed by atoms with Gasteiger partial charge in [0.2, 0.25) is 10.0 Å². The summed E-state index contributed by atoms with van der Waals surface area (Å²) in [6.07, 6.45) is 1.73. The Morgan fingerprint density at radius 2 is 2.00 bits per heavy atom. The second-order valence-electron chi connectivity index (χ2n) is 5.91. The van der Waals surface area contributed by atoms with Gasteiger partial charge in [-0.05, 0) is 32.2 Å². The molecule has 0 bridgehead atoms. The quantitative estimate of drug-likeness (QED) is 0.829. The van der Waals surface area contributed by atoms with Crippen LogP contribution in [0.4, 0.5) is 0 Å². The average molecular weight is 316 g/mol. The van der Waals surface area contributed by atoms with Crippen LogP contribution in [0.25, 0.3) is 0 Å². The number of rotatable bonds is 6. The summed E-state index contributed by atoms with van der Waals surface area (Å²) in [5, 5.41) is 2.94. The fourth-order valence-electron chi connectivity index (χ4n) is 2.44. The molecule has 120 valence electrons. The van der Waals surface area contributed by atoms with E-state index in [1.54, 1.807) is 20.0 Å². The van der Waals surface area contributed by atoms with E-state index in [9.17, 15) is 8.42 Å². The number of hydrogen-bond acceptors (Lipinski definition) is 5. The highest BCUT2D eigenvalue weighted by Gasteiger charge is 2.30. The van der Waals surface area contributed by atoms with Crippen LogP contribution in [0, 0.1) is 12.3 Å². The minimum absolute atomic E-state index is 0.0449. The molecule has 2 heterocycles. The highest BCUT2D eigenvalue weighted by Crippen LogP contribution is 2.29. The Morgan fingerprint density at radius 1 is 1.33 bits per heavy atom. The summed E-state index contributed by atoms with van der Waals surface area (Å²) in [6, 6.07) is 1.58. The molecule has 1 aromatic rings. The summed E-state index contributed by atoms with van der Waals surface area (Å²) in [4.78, 5) is 0.225. The van der Waals surface area contributed by atoms with Crippen LogP contribution >= 0.6 is 0 Å². The third-order valence-electron chi connectivity index (χ3n) is 3.95. The average Bonchev–Trinajstić information content (AvgIpc) is 2.80. The summed E-state index contributed by atoms with van der Waals surface area (Å²) < 4.78 is 38.4. The third-order valence-corrected chi connectivity index (χ3v) is 5.46. The number of sulfonamides is 1. The molecule has 0 radical (unpaired) electrons.